The third-order valence-electron chi connectivity index (χ3n) is 3.78. The van der Waals surface area contributed by atoms with Crippen molar-refractivity contribution < 1.29 is 0 Å². The van der Waals surface area contributed by atoms with E-state index in [9.17, 15) is 0 Å². The van der Waals surface area contributed by atoms with Gasteiger partial charge in [-0.25, -0.2) is 4.98 Å². The van der Waals surface area contributed by atoms with Gasteiger partial charge >= 0.3 is 0 Å². The van der Waals surface area contributed by atoms with E-state index in [1.54, 1.807) is 0 Å². The fraction of sp³-hybridized carbons (Fsp3) is 0.800. The SMILES string of the molecule is CNCc1sc(N2CCCCC2C)nc1C(C)(C)C. The van der Waals surface area contributed by atoms with Gasteiger partial charge in [-0.05, 0) is 33.2 Å². The summed E-state index contributed by atoms with van der Waals surface area (Å²) >= 11 is 1.87. The first-order valence-corrected chi connectivity index (χ1v) is 8.16. The maximum Gasteiger partial charge on any atom is 0.186 e. The monoisotopic (exact) mass is 281 g/mol. The highest BCUT2D eigenvalue weighted by Gasteiger charge is 2.27. The first kappa shape index (κ1) is 14.8. The van der Waals surface area contributed by atoms with Crippen molar-refractivity contribution in [2.24, 2.45) is 0 Å². The molecule has 1 atom stereocenters. The van der Waals surface area contributed by atoms with Crippen molar-refractivity contribution in [2.45, 2.75) is 65.0 Å². The van der Waals surface area contributed by atoms with Crippen molar-refractivity contribution in [1.82, 2.24) is 10.3 Å². The number of piperidine rings is 1. The van der Waals surface area contributed by atoms with Gasteiger partial charge < -0.3 is 10.2 Å². The highest BCUT2D eigenvalue weighted by molar-refractivity contribution is 7.15. The lowest BCUT2D eigenvalue weighted by Crippen LogP contribution is -2.37. The normalized spacial score (nSPS) is 20.9. The average Bonchev–Trinajstić information content (AvgIpc) is 2.74. The number of thiazole rings is 1. The molecule has 1 saturated heterocycles. The summed E-state index contributed by atoms with van der Waals surface area (Å²) in [7, 11) is 2.01. The predicted octanol–water partition coefficient (Wildman–Crippen LogP) is 3.54. The summed E-state index contributed by atoms with van der Waals surface area (Å²) in [5, 5.41) is 4.50. The van der Waals surface area contributed by atoms with E-state index in [2.05, 4.69) is 37.9 Å². The second-order valence-electron chi connectivity index (χ2n) is 6.59. The van der Waals surface area contributed by atoms with Gasteiger partial charge in [0.25, 0.3) is 0 Å². The van der Waals surface area contributed by atoms with Gasteiger partial charge in [-0.15, -0.1) is 11.3 Å². The smallest absolute Gasteiger partial charge is 0.186 e. The summed E-state index contributed by atoms with van der Waals surface area (Å²) in [4.78, 5) is 8.87. The Kier molecular flexibility index (Phi) is 4.51. The second kappa shape index (κ2) is 5.80. The number of hydrogen-bond acceptors (Lipinski definition) is 4. The van der Waals surface area contributed by atoms with Crippen LogP contribution in [0.5, 0.6) is 0 Å². The maximum absolute atomic E-state index is 4.98. The van der Waals surface area contributed by atoms with E-state index in [1.807, 2.05) is 18.4 Å². The first-order valence-electron chi connectivity index (χ1n) is 7.35. The van der Waals surface area contributed by atoms with Crippen LogP contribution in [0.15, 0.2) is 0 Å². The summed E-state index contributed by atoms with van der Waals surface area (Å²) in [6.45, 7) is 11.2. The van der Waals surface area contributed by atoms with Crippen LogP contribution in [-0.4, -0.2) is 24.6 Å². The standard InChI is InChI=1S/C15H27N3S/c1-11-8-6-7-9-18(11)14-17-13(15(2,3)4)12(19-14)10-16-5/h11,16H,6-10H2,1-5H3. The Morgan fingerprint density at radius 3 is 2.68 bits per heavy atom. The van der Waals surface area contributed by atoms with Gasteiger partial charge in [0.05, 0.1) is 5.69 Å². The van der Waals surface area contributed by atoms with E-state index in [0.29, 0.717) is 6.04 Å². The lowest BCUT2D eigenvalue weighted by atomic mass is 9.91. The van der Waals surface area contributed by atoms with Crippen LogP contribution in [0.3, 0.4) is 0 Å². The molecule has 0 aromatic carbocycles. The minimum Gasteiger partial charge on any atom is -0.345 e. The maximum atomic E-state index is 4.98. The molecule has 1 fully saturated rings. The fourth-order valence-corrected chi connectivity index (χ4v) is 4.12. The summed E-state index contributed by atoms with van der Waals surface area (Å²) < 4.78 is 0. The molecule has 0 saturated carbocycles. The molecule has 1 N–H and O–H groups in total. The molecule has 0 radical (unpaired) electrons. The largest absolute Gasteiger partial charge is 0.345 e. The number of nitrogens with zero attached hydrogens (tertiary/aromatic N) is 2. The molecule has 0 amide bonds. The highest BCUT2D eigenvalue weighted by Crippen LogP contribution is 2.36. The predicted molar refractivity (Wildman–Crippen MR) is 84.2 cm³/mol. The lowest BCUT2D eigenvalue weighted by Gasteiger charge is -2.33. The molecule has 0 aliphatic carbocycles. The highest BCUT2D eigenvalue weighted by atomic mass is 32.1. The van der Waals surface area contributed by atoms with Gasteiger partial charge in [0, 0.05) is 29.4 Å². The lowest BCUT2D eigenvalue weighted by molar-refractivity contribution is 0.482. The summed E-state index contributed by atoms with van der Waals surface area (Å²) in [6, 6.07) is 0.634. The molecule has 1 aliphatic rings. The Hall–Kier alpha value is -0.610. The van der Waals surface area contributed by atoms with E-state index >= 15 is 0 Å². The van der Waals surface area contributed by atoms with Crippen LogP contribution in [0.2, 0.25) is 0 Å². The molecule has 1 aromatic rings. The van der Waals surface area contributed by atoms with Gasteiger partial charge in [-0.3, -0.25) is 0 Å². The summed E-state index contributed by atoms with van der Waals surface area (Å²) in [5.41, 5.74) is 1.39. The molecule has 19 heavy (non-hydrogen) atoms. The zero-order chi connectivity index (χ0) is 14.0. The molecular formula is C15H27N3S. The van der Waals surface area contributed by atoms with Crippen molar-refractivity contribution in [1.29, 1.82) is 0 Å². The third-order valence-corrected chi connectivity index (χ3v) is 4.87. The molecule has 108 valence electrons. The third kappa shape index (κ3) is 3.29. The molecule has 0 bridgehead atoms. The molecule has 2 heterocycles. The Labute approximate surface area is 121 Å². The molecule has 4 heteroatoms. The summed E-state index contributed by atoms with van der Waals surface area (Å²) in [6.07, 6.45) is 3.96. The van der Waals surface area contributed by atoms with E-state index in [0.717, 1.165) is 13.1 Å². The van der Waals surface area contributed by atoms with Crippen LogP contribution in [0.25, 0.3) is 0 Å². The van der Waals surface area contributed by atoms with Crippen LogP contribution in [0.4, 0.5) is 5.13 Å². The van der Waals surface area contributed by atoms with Gasteiger partial charge in [-0.2, -0.15) is 0 Å². The Bertz CT molecular complexity index is 420. The first-order chi connectivity index (χ1) is 8.93. The molecule has 3 nitrogen and oxygen atoms in total. The molecule has 1 aliphatic heterocycles. The quantitative estimate of drug-likeness (QED) is 0.918. The van der Waals surface area contributed by atoms with Crippen molar-refractivity contribution in [3.63, 3.8) is 0 Å². The molecule has 0 spiro atoms. The van der Waals surface area contributed by atoms with Crippen molar-refractivity contribution in [3.05, 3.63) is 10.6 Å². The van der Waals surface area contributed by atoms with Gasteiger partial charge in [0.15, 0.2) is 5.13 Å². The van der Waals surface area contributed by atoms with Crippen LogP contribution in [-0.2, 0) is 12.0 Å². The summed E-state index contributed by atoms with van der Waals surface area (Å²) in [5.74, 6) is 0. The zero-order valence-electron chi connectivity index (χ0n) is 12.9. The number of nitrogens with one attached hydrogen (secondary N) is 1. The van der Waals surface area contributed by atoms with Crippen LogP contribution >= 0.6 is 11.3 Å². The van der Waals surface area contributed by atoms with Gasteiger partial charge in [0.2, 0.25) is 0 Å². The minimum absolute atomic E-state index is 0.125. The minimum atomic E-state index is 0.125. The number of rotatable bonds is 3. The Morgan fingerprint density at radius 1 is 1.37 bits per heavy atom. The van der Waals surface area contributed by atoms with E-state index in [-0.39, 0.29) is 5.41 Å². The van der Waals surface area contributed by atoms with Gasteiger partial charge in [-0.1, -0.05) is 20.8 Å². The molecular weight excluding hydrogens is 254 g/mol. The number of aromatic nitrogens is 1. The Balaban J connectivity index is 2.31. The number of hydrogen-bond donors (Lipinski definition) is 1. The fourth-order valence-electron chi connectivity index (χ4n) is 2.71. The number of anilines is 1. The molecule has 1 unspecified atom stereocenters. The zero-order valence-corrected chi connectivity index (χ0v) is 13.7. The van der Waals surface area contributed by atoms with Crippen LogP contribution in [0, 0.1) is 0 Å². The van der Waals surface area contributed by atoms with E-state index < -0.39 is 0 Å². The van der Waals surface area contributed by atoms with Gasteiger partial charge in [0.1, 0.15) is 0 Å². The van der Waals surface area contributed by atoms with E-state index in [1.165, 1.54) is 35.0 Å². The van der Waals surface area contributed by atoms with Crippen molar-refractivity contribution >= 4 is 16.5 Å². The van der Waals surface area contributed by atoms with Crippen molar-refractivity contribution in [3.8, 4) is 0 Å². The Morgan fingerprint density at radius 2 is 2.11 bits per heavy atom. The van der Waals surface area contributed by atoms with Crippen LogP contribution in [0.1, 0.15) is 57.5 Å². The average molecular weight is 281 g/mol. The van der Waals surface area contributed by atoms with Crippen molar-refractivity contribution in [2.75, 3.05) is 18.5 Å². The van der Waals surface area contributed by atoms with E-state index in [4.69, 9.17) is 4.98 Å². The molecule has 1 aromatic heterocycles. The molecule has 2 rings (SSSR count). The van der Waals surface area contributed by atoms with Crippen LogP contribution < -0.4 is 10.2 Å². The second-order valence-corrected chi connectivity index (χ2v) is 7.65. The topological polar surface area (TPSA) is 28.2 Å².